The third-order valence-corrected chi connectivity index (χ3v) is 8.26. The molecular weight excluding hydrogens is 632 g/mol. The summed E-state index contributed by atoms with van der Waals surface area (Å²) in [5.74, 6) is -0.0594. The van der Waals surface area contributed by atoms with Crippen molar-refractivity contribution in [3.05, 3.63) is 114 Å². The lowest BCUT2D eigenvalue weighted by Crippen LogP contribution is -2.40. The molecule has 1 aliphatic rings. The highest BCUT2D eigenvalue weighted by Crippen LogP contribution is 2.37. The van der Waals surface area contributed by atoms with Gasteiger partial charge in [-0.1, -0.05) is 65.4 Å². The van der Waals surface area contributed by atoms with Crippen LogP contribution in [0.25, 0.3) is 11.8 Å². The molecule has 2 heterocycles. The van der Waals surface area contributed by atoms with E-state index in [-0.39, 0.29) is 47.5 Å². The van der Waals surface area contributed by atoms with E-state index in [0.29, 0.717) is 37.5 Å². The van der Waals surface area contributed by atoms with Gasteiger partial charge in [-0.3, -0.25) is 9.36 Å². The monoisotopic (exact) mass is 662 g/mol. The maximum atomic E-state index is 14.2. The van der Waals surface area contributed by atoms with E-state index < -0.39 is 18.0 Å². The second kappa shape index (κ2) is 14.5. The van der Waals surface area contributed by atoms with Crippen LogP contribution in [0.5, 0.6) is 17.2 Å². The van der Waals surface area contributed by atoms with Crippen molar-refractivity contribution in [1.29, 1.82) is 0 Å². The van der Waals surface area contributed by atoms with E-state index >= 15 is 0 Å². The Morgan fingerprint density at radius 1 is 0.978 bits per heavy atom. The van der Waals surface area contributed by atoms with Crippen molar-refractivity contribution >= 4 is 46.6 Å². The smallest absolute Gasteiger partial charge is 0.344 e. The Morgan fingerprint density at radius 3 is 2.35 bits per heavy atom. The summed E-state index contributed by atoms with van der Waals surface area (Å²) in [5.41, 5.74) is 2.22. The molecule has 5 rings (SSSR count). The number of methoxy groups -OCH3 is 2. The van der Waals surface area contributed by atoms with Crippen LogP contribution in [0.4, 0.5) is 0 Å². The molecule has 0 saturated heterocycles. The molecular formula is C34H31ClN2O8S. The standard InChI is InChI=1S/C34H31ClN2O8S/c1-5-43-27(38)19-45-31-24(35)16-20(17-25(31)42-4)18-26-32(39)37-30(22-12-14-23(41-3)15-13-22)28(33(40)44-6-2)29(36-34(37)46-26)21-10-8-7-9-11-21/h7-18,30H,5-6,19H2,1-4H3/b26-18-/t30-/m0/s1. The molecule has 238 valence electrons. The number of fused-ring (bicyclic) bond motifs is 1. The number of ether oxygens (including phenoxy) is 5. The quantitative estimate of drug-likeness (QED) is 0.215. The van der Waals surface area contributed by atoms with Gasteiger partial charge in [0, 0.05) is 5.56 Å². The minimum Gasteiger partial charge on any atom is -0.497 e. The molecule has 0 spiro atoms. The molecule has 1 atom stereocenters. The fourth-order valence-electron chi connectivity index (χ4n) is 4.99. The van der Waals surface area contributed by atoms with Crippen LogP contribution in [0.3, 0.4) is 0 Å². The molecule has 0 N–H and O–H groups in total. The average molecular weight is 663 g/mol. The fourth-order valence-corrected chi connectivity index (χ4v) is 6.26. The van der Waals surface area contributed by atoms with Gasteiger partial charge in [-0.25, -0.2) is 14.6 Å². The van der Waals surface area contributed by atoms with E-state index in [1.807, 2.05) is 42.5 Å². The zero-order valence-corrected chi connectivity index (χ0v) is 27.1. The number of esters is 2. The van der Waals surface area contributed by atoms with Crippen molar-refractivity contribution in [3.8, 4) is 17.2 Å². The number of nitrogens with zero attached hydrogens (tertiary/aromatic N) is 2. The van der Waals surface area contributed by atoms with Gasteiger partial charge in [0.25, 0.3) is 5.56 Å². The summed E-state index contributed by atoms with van der Waals surface area (Å²) in [6, 6.07) is 18.9. The Balaban J connectivity index is 1.69. The summed E-state index contributed by atoms with van der Waals surface area (Å²) in [4.78, 5) is 44.9. The number of aromatic nitrogens is 1. The number of hydrogen-bond acceptors (Lipinski definition) is 10. The molecule has 0 unspecified atom stereocenters. The van der Waals surface area contributed by atoms with Crippen LogP contribution in [0.15, 0.2) is 82.1 Å². The zero-order valence-electron chi connectivity index (χ0n) is 25.6. The molecule has 0 amide bonds. The Morgan fingerprint density at radius 2 is 1.70 bits per heavy atom. The first kappa shape index (κ1) is 32.5. The maximum absolute atomic E-state index is 14.2. The summed E-state index contributed by atoms with van der Waals surface area (Å²) >= 11 is 7.71. The Labute approximate surface area is 273 Å². The van der Waals surface area contributed by atoms with Crippen molar-refractivity contribution in [1.82, 2.24) is 4.57 Å². The molecule has 3 aromatic carbocycles. The van der Waals surface area contributed by atoms with Crippen LogP contribution >= 0.6 is 22.9 Å². The Hall–Kier alpha value is -4.87. The molecule has 0 radical (unpaired) electrons. The molecule has 1 aromatic heterocycles. The summed E-state index contributed by atoms with van der Waals surface area (Å²) in [7, 11) is 3.01. The first-order valence-corrected chi connectivity index (χ1v) is 15.6. The molecule has 0 fully saturated rings. The minimum absolute atomic E-state index is 0.145. The van der Waals surface area contributed by atoms with E-state index in [0.717, 1.165) is 0 Å². The van der Waals surface area contributed by atoms with Crippen molar-refractivity contribution < 1.29 is 33.3 Å². The molecule has 4 aromatic rings. The van der Waals surface area contributed by atoms with Crippen LogP contribution in [0.2, 0.25) is 5.02 Å². The number of thiazole rings is 1. The van der Waals surface area contributed by atoms with E-state index in [2.05, 4.69) is 0 Å². The van der Waals surface area contributed by atoms with E-state index in [4.69, 9.17) is 40.3 Å². The summed E-state index contributed by atoms with van der Waals surface area (Å²) in [6.45, 7) is 3.44. The molecule has 10 nitrogen and oxygen atoms in total. The summed E-state index contributed by atoms with van der Waals surface area (Å²) in [5, 5.41) is 0.176. The average Bonchev–Trinajstić information content (AvgIpc) is 3.37. The van der Waals surface area contributed by atoms with Gasteiger partial charge >= 0.3 is 11.9 Å². The lowest BCUT2D eigenvalue weighted by Gasteiger charge is -2.26. The van der Waals surface area contributed by atoms with Gasteiger partial charge in [0.1, 0.15) is 5.75 Å². The highest BCUT2D eigenvalue weighted by molar-refractivity contribution is 7.07. The molecule has 46 heavy (non-hydrogen) atoms. The summed E-state index contributed by atoms with van der Waals surface area (Å²) < 4.78 is 28.7. The van der Waals surface area contributed by atoms with Crippen molar-refractivity contribution in [2.24, 2.45) is 4.99 Å². The summed E-state index contributed by atoms with van der Waals surface area (Å²) in [6.07, 6.45) is 1.66. The highest BCUT2D eigenvalue weighted by Gasteiger charge is 2.35. The highest BCUT2D eigenvalue weighted by atomic mass is 35.5. The fraction of sp³-hybridized carbons (Fsp3) is 0.235. The van der Waals surface area contributed by atoms with Crippen LogP contribution in [-0.4, -0.2) is 50.5 Å². The lowest BCUT2D eigenvalue weighted by molar-refractivity contribution is -0.145. The number of benzene rings is 3. The second-order valence-corrected chi connectivity index (χ2v) is 11.2. The molecule has 0 saturated carbocycles. The predicted octanol–water partition coefficient (Wildman–Crippen LogP) is 4.55. The third-order valence-electron chi connectivity index (χ3n) is 6.99. The van der Waals surface area contributed by atoms with Crippen LogP contribution in [-0.2, 0) is 19.1 Å². The van der Waals surface area contributed by atoms with E-state index in [1.54, 1.807) is 51.3 Å². The lowest BCUT2D eigenvalue weighted by atomic mass is 9.93. The SMILES string of the molecule is CCOC(=O)COc1c(Cl)cc(/C=c2\sc3n(c2=O)[C@@H](c2ccc(OC)cc2)C(C(=O)OCC)=C(c2ccccc2)N=3)cc1OC. The molecule has 1 aliphatic heterocycles. The second-order valence-electron chi connectivity index (χ2n) is 9.83. The van der Waals surface area contributed by atoms with Crippen molar-refractivity contribution in [2.75, 3.05) is 34.0 Å². The topological polar surface area (TPSA) is 115 Å². The number of carbonyl (C=O) groups excluding carboxylic acids is 2. The van der Waals surface area contributed by atoms with Crippen LogP contribution in [0, 0.1) is 0 Å². The molecule has 12 heteroatoms. The van der Waals surface area contributed by atoms with Gasteiger partial charge in [0.05, 0.1) is 54.3 Å². The van der Waals surface area contributed by atoms with Gasteiger partial charge in [-0.15, -0.1) is 0 Å². The third kappa shape index (κ3) is 6.70. The first-order chi connectivity index (χ1) is 22.3. The maximum Gasteiger partial charge on any atom is 0.344 e. The van der Waals surface area contributed by atoms with Gasteiger partial charge in [0.2, 0.25) is 0 Å². The van der Waals surface area contributed by atoms with E-state index in [1.165, 1.54) is 23.0 Å². The number of rotatable bonds is 11. The predicted molar refractivity (Wildman–Crippen MR) is 174 cm³/mol. The Bertz CT molecular complexity index is 1970. The van der Waals surface area contributed by atoms with Crippen molar-refractivity contribution in [3.63, 3.8) is 0 Å². The van der Waals surface area contributed by atoms with Crippen LogP contribution in [0.1, 0.15) is 36.6 Å². The van der Waals surface area contributed by atoms with E-state index in [9.17, 15) is 14.4 Å². The van der Waals surface area contributed by atoms with Gasteiger partial charge < -0.3 is 23.7 Å². The largest absolute Gasteiger partial charge is 0.497 e. The van der Waals surface area contributed by atoms with Gasteiger partial charge in [0.15, 0.2) is 22.9 Å². The first-order valence-electron chi connectivity index (χ1n) is 14.4. The van der Waals surface area contributed by atoms with Crippen LogP contribution < -0.4 is 29.1 Å². The van der Waals surface area contributed by atoms with Gasteiger partial charge in [-0.05, 0) is 55.3 Å². The zero-order chi connectivity index (χ0) is 32.8. The molecule has 0 bridgehead atoms. The number of halogens is 1. The number of hydrogen-bond donors (Lipinski definition) is 0. The minimum atomic E-state index is -0.838. The molecule has 0 aliphatic carbocycles. The van der Waals surface area contributed by atoms with Crippen molar-refractivity contribution in [2.45, 2.75) is 19.9 Å². The normalized spacial score (nSPS) is 14.3. The van der Waals surface area contributed by atoms with Gasteiger partial charge in [-0.2, -0.15) is 0 Å². The Kier molecular flexibility index (Phi) is 10.2. The number of carbonyl (C=O) groups is 2.